The van der Waals surface area contributed by atoms with Crippen LogP contribution in [0.1, 0.15) is 39.0 Å². The molecule has 1 aliphatic heterocycles. The van der Waals surface area contributed by atoms with E-state index in [0.717, 1.165) is 12.2 Å². The molecule has 2 fully saturated rings. The summed E-state index contributed by atoms with van der Waals surface area (Å²) in [5.41, 5.74) is 0. The van der Waals surface area contributed by atoms with Crippen molar-refractivity contribution in [3.63, 3.8) is 0 Å². The zero-order chi connectivity index (χ0) is 11.5. The van der Waals surface area contributed by atoms with E-state index in [1.54, 1.807) is 0 Å². The van der Waals surface area contributed by atoms with E-state index in [1.165, 1.54) is 12.8 Å². The standard InChI is InChI=1S/C12H19NO2S/c1-2-16-11-5-3-4-10(11)13-7-6-9(14)8-12(13)15/h10-11H,2-8H2,1H3. The lowest BCUT2D eigenvalue weighted by atomic mass is 10.1. The second kappa shape index (κ2) is 5.21. The molecule has 16 heavy (non-hydrogen) atoms. The van der Waals surface area contributed by atoms with Gasteiger partial charge < -0.3 is 4.90 Å². The predicted octanol–water partition coefficient (Wildman–Crippen LogP) is 1.85. The molecule has 0 bridgehead atoms. The van der Waals surface area contributed by atoms with E-state index in [2.05, 4.69) is 6.92 Å². The topological polar surface area (TPSA) is 37.4 Å². The third-order valence-electron chi connectivity index (χ3n) is 3.50. The molecule has 1 aliphatic carbocycles. The molecule has 0 N–H and O–H groups in total. The first-order valence-corrected chi connectivity index (χ1v) is 7.20. The fourth-order valence-corrected chi connectivity index (χ4v) is 4.02. The minimum atomic E-state index is 0.0600. The zero-order valence-electron chi connectivity index (χ0n) is 9.78. The van der Waals surface area contributed by atoms with Crippen LogP contribution in [0, 0.1) is 0 Å². The second-order valence-corrected chi connectivity index (χ2v) is 6.06. The summed E-state index contributed by atoms with van der Waals surface area (Å²) in [5.74, 6) is 1.28. The Morgan fingerprint density at radius 2 is 2.19 bits per heavy atom. The molecular formula is C12H19NO2S. The number of nitrogens with zero attached hydrogens (tertiary/aromatic N) is 1. The smallest absolute Gasteiger partial charge is 0.230 e. The number of carbonyl (C=O) groups excluding carboxylic acids is 2. The number of Topliss-reactive ketones (excluding diaryl/α,β-unsaturated/α-hetero) is 1. The van der Waals surface area contributed by atoms with Gasteiger partial charge in [0.05, 0.1) is 6.42 Å². The maximum atomic E-state index is 11.8. The average molecular weight is 241 g/mol. The summed E-state index contributed by atoms with van der Waals surface area (Å²) in [6.07, 6.45) is 4.27. The highest BCUT2D eigenvalue weighted by Crippen LogP contribution is 2.34. The van der Waals surface area contributed by atoms with Crippen molar-refractivity contribution in [1.29, 1.82) is 0 Å². The Balaban J connectivity index is 2.00. The fraction of sp³-hybridized carbons (Fsp3) is 0.833. The quantitative estimate of drug-likeness (QED) is 0.708. The molecule has 3 nitrogen and oxygen atoms in total. The molecule has 1 heterocycles. The molecule has 0 radical (unpaired) electrons. The summed E-state index contributed by atoms with van der Waals surface area (Å²) < 4.78 is 0. The average Bonchev–Trinajstić information content (AvgIpc) is 2.67. The van der Waals surface area contributed by atoms with Crippen LogP contribution < -0.4 is 0 Å². The van der Waals surface area contributed by atoms with Gasteiger partial charge in [-0.3, -0.25) is 9.59 Å². The fourth-order valence-electron chi connectivity index (χ4n) is 2.75. The van der Waals surface area contributed by atoms with Crippen LogP contribution in [0.4, 0.5) is 0 Å². The summed E-state index contributed by atoms with van der Waals surface area (Å²) in [6.45, 7) is 2.82. The third kappa shape index (κ3) is 2.42. The molecule has 0 aromatic heterocycles. The van der Waals surface area contributed by atoms with E-state index in [4.69, 9.17) is 0 Å². The van der Waals surface area contributed by atoms with Crippen LogP contribution in [0.25, 0.3) is 0 Å². The van der Waals surface area contributed by atoms with Gasteiger partial charge >= 0.3 is 0 Å². The van der Waals surface area contributed by atoms with Crippen LogP contribution in [0.3, 0.4) is 0 Å². The summed E-state index contributed by atoms with van der Waals surface area (Å²) in [5, 5.41) is 0.599. The van der Waals surface area contributed by atoms with Gasteiger partial charge in [-0.05, 0) is 18.6 Å². The van der Waals surface area contributed by atoms with Crippen molar-refractivity contribution in [2.24, 2.45) is 0 Å². The molecule has 0 spiro atoms. The Kier molecular flexibility index (Phi) is 3.90. The minimum Gasteiger partial charge on any atom is -0.338 e. The highest BCUT2D eigenvalue weighted by Gasteiger charge is 2.36. The number of thioether (sulfide) groups is 1. The number of hydrogen-bond donors (Lipinski definition) is 0. The summed E-state index contributed by atoms with van der Waals surface area (Å²) in [4.78, 5) is 25.0. The first-order valence-electron chi connectivity index (χ1n) is 6.15. The van der Waals surface area contributed by atoms with Gasteiger partial charge in [0.25, 0.3) is 0 Å². The number of piperidine rings is 1. The Hall–Kier alpha value is -0.510. The highest BCUT2D eigenvalue weighted by atomic mass is 32.2. The van der Waals surface area contributed by atoms with Gasteiger partial charge in [0.15, 0.2) is 0 Å². The van der Waals surface area contributed by atoms with E-state index in [-0.39, 0.29) is 18.1 Å². The predicted molar refractivity (Wildman–Crippen MR) is 65.5 cm³/mol. The monoisotopic (exact) mass is 241 g/mol. The van der Waals surface area contributed by atoms with Crippen LogP contribution in [0.5, 0.6) is 0 Å². The zero-order valence-corrected chi connectivity index (χ0v) is 10.6. The van der Waals surface area contributed by atoms with Crippen LogP contribution in [0.2, 0.25) is 0 Å². The van der Waals surface area contributed by atoms with E-state index in [9.17, 15) is 9.59 Å². The molecule has 2 unspecified atom stereocenters. The molecule has 90 valence electrons. The molecule has 0 aromatic carbocycles. The van der Waals surface area contributed by atoms with Gasteiger partial charge in [-0.25, -0.2) is 0 Å². The summed E-state index contributed by atoms with van der Waals surface area (Å²) in [6, 6.07) is 0.394. The SMILES string of the molecule is CCSC1CCCC1N1CCC(=O)CC1=O. The van der Waals surface area contributed by atoms with Crippen LogP contribution >= 0.6 is 11.8 Å². The molecule has 2 aliphatic rings. The largest absolute Gasteiger partial charge is 0.338 e. The van der Waals surface area contributed by atoms with Gasteiger partial charge in [-0.15, -0.1) is 0 Å². The Labute approximate surface area is 101 Å². The molecule has 1 amide bonds. The van der Waals surface area contributed by atoms with Crippen LogP contribution in [-0.4, -0.2) is 40.2 Å². The molecule has 1 saturated carbocycles. The number of ketones is 1. The number of carbonyl (C=O) groups is 2. The lowest BCUT2D eigenvalue weighted by Crippen LogP contribution is -2.48. The van der Waals surface area contributed by atoms with Crippen LogP contribution in [0.15, 0.2) is 0 Å². The molecule has 2 rings (SSSR count). The van der Waals surface area contributed by atoms with Crippen molar-refractivity contribution in [1.82, 2.24) is 4.90 Å². The van der Waals surface area contributed by atoms with E-state index in [1.807, 2.05) is 16.7 Å². The maximum Gasteiger partial charge on any atom is 0.230 e. The minimum absolute atomic E-state index is 0.0600. The number of rotatable bonds is 3. The molecule has 2 atom stereocenters. The summed E-state index contributed by atoms with van der Waals surface area (Å²) >= 11 is 1.96. The van der Waals surface area contributed by atoms with Crippen LogP contribution in [-0.2, 0) is 9.59 Å². The van der Waals surface area contributed by atoms with Crippen molar-refractivity contribution >= 4 is 23.5 Å². The van der Waals surface area contributed by atoms with Crippen molar-refractivity contribution in [2.45, 2.75) is 50.3 Å². The first kappa shape index (κ1) is 12.0. The first-order chi connectivity index (χ1) is 7.72. The number of amides is 1. The van der Waals surface area contributed by atoms with Gasteiger partial charge in [0.1, 0.15) is 5.78 Å². The Bertz CT molecular complexity index is 293. The Morgan fingerprint density at radius 1 is 1.38 bits per heavy atom. The van der Waals surface area contributed by atoms with Crippen molar-refractivity contribution < 1.29 is 9.59 Å². The maximum absolute atomic E-state index is 11.8. The second-order valence-electron chi connectivity index (χ2n) is 4.54. The highest BCUT2D eigenvalue weighted by molar-refractivity contribution is 7.99. The number of likely N-dealkylation sites (tertiary alicyclic amines) is 1. The molecular weight excluding hydrogens is 222 g/mol. The van der Waals surface area contributed by atoms with E-state index in [0.29, 0.717) is 24.3 Å². The van der Waals surface area contributed by atoms with E-state index >= 15 is 0 Å². The normalized spacial score (nSPS) is 31.2. The van der Waals surface area contributed by atoms with Gasteiger partial charge in [0, 0.05) is 24.3 Å². The lowest BCUT2D eigenvalue weighted by Gasteiger charge is -2.35. The van der Waals surface area contributed by atoms with Gasteiger partial charge in [-0.2, -0.15) is 11.8 Å². The molecule has 4 heteroatoms. The lowest BCUT2D eigenvalue weighted by molar-refractivity contribution is -0.141. The number of hydrogen-bond acceptors (Lipinski definition) is 3. The van der Waals surface area contributed by atoms with Crippen molar-refractivity contribution in [2.75, 3.05) is 12.3 Å². The van der Waals surface area contributed by atoms with Crippen molar-refractivity contribution in [3.8, 4) is 0 Å². The summed E-state index contributed by atoms with van der Waals surface area (Å²) in [7, 11) is 0. The molecule has 0 aromatic rings. The Morgan fingerprint density at radius 3 is 2.88 bits per heavy atom. The third-order valence-corrected chi connectivity index (χ3v) is 4.81. The van der Waals surface area contributed by atoms with Gasteiger partial charge in [0.2, 0.25) is 5.91 Å². The van der Waals surface area contributed by atoms with Crippen molar-refractivity contribution in [3.05, 3.63) is 0 Å². The molecule has 1 saturated heterocycles. The van der Waals surface area contributed by atoms with E-state index < -0.39 is 0 Å². The van der Waals surface area contributed by atoms with Gasteiger partial charge in [-0.1, -0.05) is 13.3 Å².